The maximum Gasteiger partial charge on any atom is 0.330 e. The van der Waals surface area contributed by atoms with Crippen molar-refractivity contribution >= 4 is 5.97 Å². The third kappa shape index (κ3) is 13.2. The molecule has 0 spiro atoms. The van der Waals surface area contributed by atoms with E-state index < -0.39 is 0 Å². The van der Waals surface area contributed by atoms with Crippen LogP contribution in [0.4, 0.5) is 0 Å². The summed E-state index contributed by atoms with van der Waals surface area (Å²) in [4.78, 5) is 10.7. The topological polar surface area (TPSA) is 44.8 Å². The smallest absolute Gasteiger partial charge is 0.330 e. The second-order valence-corrected chi connectivity index (χ2v) is 4.01. The lowest BCUT2D eigenvalue weighted by atomic mass is 10.3. The summed E-state index contributed by atoms with van der Waals surface area (Å²) in [5.74, 6) is -0.376. The Morgan fingerprint density at radius 2 is 1.50 bits per heavy atom. The highest BCUT2D eigenvalue weighted by Crippen LogP contribution is 1.95. The lowest BCUT2D eigenvalue weighted by Crippen LogP contribution is -2.06. The van der Waals surface area contributed by atoms with Crippen LogP contribution in [0.25, 0.3) is 0 Å². The molecule has 0 heterocycles. The molecule has 0 aliphatic heterocycles. The first kappa shape index (κ1) is 17.1. The summed E-state index contributed by atoms with van der Waals surface area (Å²) in [6.45, 7) is 8.92. The van der Waals surface area contributed by atoms with E-state index in [1.807, 2.05) is 0 Å². The van der Waals surface area contributed by atoms with E-state index in [0.717, 1.165) is 45.5 Å². The van der Waals surface area contributed by atoms with Crippen molar-refractivity contribution in [2.45, 2.75) is 39.0 Å². The summed E-state index contributed by atoms with van der Waals surface area (Å²) in [7, 11) is 0. The van der Waals surface area contributed by atoms with Crippen LogP contribution in [0.2, 0.25) is 0 Å². The van der Waals surface area contributed by atoms with E-state index in [1.54, 1.807) is 0 Å². The Hall–Kier alpha value is -0.870. The summed E-state index contributed by atoms with van der Waals surface area (Å²) in [5.41, 5.74) is 0. The van der Waals surface area contributed by atoms with E-state index in [9.17, 15) is 4.79 Å². The Morgan fingerprint density at radius 3 is 2.06 bits per heavy atom. The second kappa shape index (κ2) is 14.2. The Labute approximate surface area is 110 Å². The third-order valence-electron chi connectivity index (χ3n) is 2.31. The minimum absolute atomic E-state index is 0.376. The highest BCUT2D eigenvalue weighted by atomic mass is 16.5. The number of hydrogen-bond donors (Lipinski definition) is 0. The molecule has 0 fully saturated rings. The average molecular weight is 258 g/mol. The molecule has 0 unspecified atom stereocenters. The van der Waals surface area contributed by atoms with Crippen molar-refractivity contribution in [2.24, 2.45) is 0 Å². The fourth-order valence-electron chi connectivity index (χ4n) is 1.25. The molecule has 0 aliphatic rings. The van der Waals surface area contributed by atoms with Gasteiger partial charge < -0.3 is 14.2 Å². The van der Waals surface area contributed by atoms with Gasteiger partial charge in [0.1, 0.15) is 0 Å². The van der Waals surface area contributed by atoms with E-state index in [2.05, 4.69) is 13.5 Å². The first-order valence-corrected chi connectivity index (χ1v) is 6.76. The molecule has 0 aromatic rings. The maximum absolute atomic E-state index is 10.7. The normalized spacial score (nSPS) is 10.3. The van der Waals surface area contributed by atoms with Crippen LogP contribution in [-0.2, 0) is 19.0 Å². The molecule has 0 saturated heterocycles. The Kier molecular flexibility index (Phi) is 13.5. The Bertz CT molecular complexity index is 204. The zero-order chi connectivity index (χ0) is 13.5. The van der Waals surface area contributed by atoms with Gasteiger partial charge in [-0.3, -0.25) is 0 Å². The number of ether oxygens (including phenoxy) is 3. The predicted molar refractivity (Wildman–Crippen MR) is 71.6 cm³/mol. The van der Waals surface area contributed by atoms with Crippen molar-refractivity contribution in [3.63, 3.8) is 0 Å². The van der Waals surface area contributed by atoms with Crippen LogP contribution in [-0.4, -0.2) is 39.0 Å². The van der Waals surface area contributed by atoms with E-state index in [4.69, 9.17) is 14.2 Å². The van der Waals surface area contributed by atoms with Crippen LogP contribution in [0.3, 0.4) is 0 Å². The quantitative estimate of drug-likeness (QED) is 0.289. The first-order chi connectivity index (χ1) is 8.81. The van der Waals surface area contributed by atoms with Gasteiger partial charge in [-0.2, -0.15) is 0 Å². The summed E-state index contributed by atoms with van der Waals surface area (Å²) in [6.07, 6.45) is 6.26. The average Bonchev–Trinajstić information content (AvgIpc) is 2.39. The summed E-state index contributed by atoms with van der Waals surface area (Å²) in [6, 6.07) is 0. The van der Waals surface area contributed by atoms with Gasteiger partial charge in [-0.05, 0) is 19.3 Å². The van der Waals surface area contributed by atoms with Crippen molar-refractivity contribution in [3.8, 4) is 0 Å². The number of esters is 1. The van der Waals surface area contributed by atoms with Gasteiger partial charge in [0.05, 0.1) is 6.61 Å². The molecule has 0 aromatic carbocycles. The molecule has 106 valence electrons. The Balaban J connectivity index is 2.98. The van der Waals surface area contributed by atoms with Crippen molar-refractivity contribution in [3.05, 3.63) is 12.7 Å². The number of rotatable bonds is 13. The largest absolute Gasteiger partial charge is 0.462 e. The van der Waals surface area contributed by atoms with Crippen LogP contribution < -0.4 is 0 Å². The molecule has 0 aromatic heterocycles. The van der Waals surface area contributed by atoms with Crippen LogP contribution in [0.5, 0.6) is 0 Å². The van der Waals surface area contributed by atoms with Gasteiger partial charge in [0, 0.05) is 38.9 Å². The van der Waals surface area contributed by atoms with Crippen molar-refractivity contribution in [2.75, 3.05) is 33.0 Å². The molecule has 0 bridgehead atoms. The molecule has 0 radical (unpaired) electrons. The fourth-order valence-corrected chi connectivity index (χ4v) is 1.25. The van der Waals surface area contributed by atoms with Crippen LogP contribution in [0.15, 0.2) is 12.7 Å². The molecule has 18 heavy (non-hydrogen) atoms. The highest BCUT2D eigenvalue weighted by Gasteiger charge is 1.95. The van der Waals surface area contributed by atoms with E-state index in [-0.39, 0.29) is 5.97 Å². The number of unbranched alkanes of at least 4 members (excludes halogenated alkanes) is 2. The van der Waals surface area contributed by atoms with E-state index >= 15 is 0 Å². The fraction of sp³-hybridized carbons (Fsp3) is 0.786. The predicted octanol–water partition coefficient (Wildman–Crippen LogP) is 2.72. The van der Waals surface area contributed by atoms with Crippen molar-refractivity contribution in [1.29, 1.82) is 0 Å². The van der Waals surface area contributed by atoms with Crippen LogP contribution >= 0.6 is 0 Å². The van der Waals surface area contributed by atoms with Gasteiger partial charge in [-0.25, -0.2) is 4.79 Å². The summed E-state index contributed by atoms with van der Waals surface area (Å²) in [5, 5.41) is 0. The lowest BCUT2D eigenvalue weighted by Gasteiger charge is -2.05. The van der Waals surface area contributed by atoms with Gasteiger partial charge in [0.2, 0.25) is 0 Å². The van der Waals surface area contributed by atoms with E-state index in [0.29, 0.717) is 13.2 Å². The third-order valence-corrected chi connectivity index (χ3v) is 2.31. The standard InChI is InChI=1S/C14H26O4/c1-3-5-9-16-10-6-7-11-17-12-8-13-18-14(15)4-2/h4H,2-3,5-13H2,1H3. The lowest BCUT2D eigenvalue weighted by molar-refractivity contribution is -0.138. The van der Waals surface area contributed by atoms with Gasteiger partial charge in [0.25, 0.3) is 0 Å². The van der Waals surface area contributed by atoms with E-state index in [1.165, 1.54) is 12.5 Å². The maximum atomic E-state index is 10.7. The number of carbonyl (C=O) groups is 1. The number of hydrogen-bond acceptors (Lipinski definition) is 4. The monoisotopic (exact) mass is 258 g/mol. The minimum Gasteiger partial charge on any atom is -0.462 e. The molecule has 0 N–H and O–H groups in total. The van der Waals surface area contributed by atoms with Gasteiger partial charge in [-0.15, -0.1) is 0 Å². The second-order valence-electron chi connectivity index (χ2n) is 4.01. The molecule has 0 saturated carbocycles. The summed E-state index contributed by atoms with van der Waals surface area (Å²) >= 11 is 0. The van der Waals surface area contributed by atoms with Crippen LogP contribution in [0.1, 0.15) is 39.0 Å². The zero-order valence-corrected chi connectivity index (χ0v) is 11.5. The Morgan fingerprint density at radius 1 is 0.944 bits per heavy atom. The molecule has 4 heteroatoms. The van der Waals surface area contributed by atoms with Crippen LogP contribution in [0, 0.1) is 0 Å². The van der Waals surface area contributed by atoms with Crippen molar-refractivity contribution < 1.29 is 19.0 Å². The summed E-state index contributed by atoms with van der Waals surface area (Å²) < 4.78 is 15.7. The molecular weight excluding hydrogens is 232 g/mol. The van der Waals surface area contributed by atoms with Crippen molar-refractivity contribution in [1.82, 2.24) is 0 Å². The SMILES string of the molecule is C=CC(=O)OCCCOCCCCOCCCC. The van der Waals surface area contributed by atoms with Gasteiger partial charge >= 0.3 is 5.97 Å². The molecule has 0 rings (SSSR count). The first-order valence-electron chi connectivity index (χ1n) is 6.76. The van der Waals surface area contributed by atoms with Gasteiger partial charge in [-0.1, -0.05) is 19.9 Å². The molecule has 0 atom stereocenters. The molecular formula is C14H26O4. The number of carbonyl (C=O) groups excluding carboxylic acids is 1. The highest BCUT2D eigenvalue weighted by molar-refractivity contribution is 5.81. The zero-order valence-electron chi connectivity index (χ0n) is 11.5. The molecule has 4 nitrogen and oxygen atoms in total. The van der Waals surface area contributed by atoms with Gasteiger partial charge in [0.15, 0.2) is 0 Å². The molecule has 0 aliphatic carbocycles. The molecule has 0 amide bonds. The minimum atomic E-state index is -0.376.